The van der Waals surface area contributed by atoms with Gasteiger partial charge >= 0.3 is 0 Å². The summed E-state index contributed by atoms with van der Waals surface area (Å²) in [4.78, 5) is 0. The average molecular weight is 270 g/mol. The summed E-state index contributed by atoms with van der Waals surface area (Å²) in [7, 11) is -1.69. The molecule has 0 amide bonds. The first-order chi connectivity index (χ1) is 8.18. The van der Waals surface area contributed by atoms with Crippen molar-refractivity contribution in [3.05, 3.63) is 35.4 Å². The summed E-state index contributed by atoms with van der Waals surface area (Å²) in [5, 5.41) is 0. The second kappa shape index (κ2) is 5.38. The number of benzene rings is 1. The van der Waals surface area contributed by atoms with Gasteiger partial charge in [-0.05, 0) is 31.9 Å². The Morgan fingerprint density at radius 2 is 1.78 bits per heavy atom. The average Bonchev–Trinajstić information content (AvgIpc) is 2.27. The molecule has 4 nitrogen and oxygen atoms in total. The summed E-state index contributed by atoms with van der Waals surface area (Å²) in [5.41, 5.74) is 7.53. The summed E-state index contributed by atoms with van der Waals surface area (Å²) in [6.45, 7) is 5.94. The van der Waals surface area contributed by atoms with Gasteiger partial charge in [0.15, 0.2) is 0 Å². The lowest BCUT2D eigenvalue weighted by molar-refractivity contribution is 0.441. The molecule has 0 aromatic heterocycles. The van der Waals surface area contributed by atoms with Crippen molar-refractivity contribution in [1.29, 1.82) is 0 Å². The van der Waals surface area contributed by atoms with Crippen LogP contribution in [0.1, 0.15) is 31.9 Å². The van der Waals surface area contributed by atoms with Gasteiger partial charge < -0.3 is 5.73 Å². The van der Waals surface area contributed by atoms with Crippen LogP contribution >= 0.6 is 0 Å². The zero-order valence-corrected chi connectivity index (χ0v) is 12.3. The summed E-state index contributed by atoms with van der Waals surface area (Å²) in [6.07, 6.45) is 0. The van der Waals surface area contributed by atoms with E-state index in [0.717, 1.165) is 11.1 Å². The van der Waals surface area contributed by atoms with Gasteiger partial charge in [-0.1, -0.05) is 24.3 Å². The third-order valence-corrected chi connectivity index (χ3v) is 5.31. The van der Waals surface area contributed by atoms with Crippen molar-refractivity contribution in [2.24, 2.45) is 5.73 Å². The van der Waals surface area contributed by atoms with E-state index in [1.54, 1.807) is 27.8 Å². The molecule has 0 spiro atoms. The lowest BCUT2D eigenvalue weighted by Crippen LogP contribution is -2.40. The van der Waals surface area contributed by atoms with Gasteiger partial charge in [-0.15, -0.1) is 0 Å². The predicted molar refractivity (Wildman–Crippen MR) is 74.5 cm³/mol. The smallest absolute Gasteiger partial charge is 0.219 e. The van der Waals surface area contributed by atoms with Crippen molar-refractivity contribution in [1.82, 2.24) is 4.31 Å². The molecule has 1 aromatic carbocycles. The van der Waals surface area contributed by atoms with Gasteiger partial charge in [-0.3, -0.25) is 0 Å². The number of hydrogen-bond acceptors (Lipinski definition) is 3. The van der Waals surface area contributed by atoms with E-state index in [1.807, 2.05) is 24.3 Å². The van der Waals surface area contributed by atoms with Gasteiger partial charge in [0.25, 0.3) is 0 Å². The van der Waals surface area contributed by atoms with Gasteiger partial charge in [-0.25, -0.2) is 12.7 Å². The molecular formula is C13H22N2O2S. The highest BCUT2D eigenvalue weighted by molar-refractivity contribution is 7.90. The van der Waals surface area contributed by atoms with Crippen molar-refractivity contribution in [3.8, 4) is 0 Å². The minimum absolute atomic E-state index is 0.368. The van der Waals surface area contributed by atoms with Crippen molar-refractivity contribution in [2.45, 2.75) is 38.6 Å². The molecule has 0 atom stereocenters. The van der Waals surface area contributed by atoms with E-state index >= 15 is 0 Å². The van der Waals surface area contributed by atoms with Gasteiger partial charge in [-0.2, -0.15) is 0 Å². The maximum atomic E-state index is 12.2. The summed E-state index contributed by atoms with van der Waals surface area (Å²) in [6, 6.07) is 7.68. The number of nitrogens with two attached hydrogens (primary N) is 1. The Kier molecular flexibility index (Phi) is 4.53. The van der Waals surface area contributed by atoms with Crippen molar-refractivity contribution < 1.29 is 8.42 Å². The minimum Gasteiger partial charge on any atom is -0.326 e. The van der Waals surface area contributed by atoms with Crippen molar-refractivity contribution in [3.63, 3.8) is 0 Å². The monoisotopic (exact) mass is 270 g/mol. The Morgan fingerprint density at radius 1 is 1.22 bits per heavy atom. The molecule has 5 heteroatoms. The number of sulfonamides is 1. The van der Waals surface area contributed by atoms with Crippen LogP contribution in [0.2, 0.25) is 0 Å². The van der Waals surface area contributed by atoms with E-state index in [1.165, 1.54) is 4.31 Å². The molecule has 102 valence electrons. The van der Waals surface area contributed by atoms with Crippen LogP contribution in [0.15, 0.2) is 24.3 Å². The molecular weight excluding hydrogens is 248 g/mol. The van der Waals surface area contributed by atoms with Crippen LogP contribution in [0.4, 0.5) is 0 Å². The molecule has 1 aromatic rings. The molecule has 0 saturated heterocycles. The van der Waals surface area contributed by atoms with E-state index in [9.17, 15) is 8.42 Å². The van der Waals surface area contributed by atoms with Crippen molar-refractivity contribution >= 4 is 10.0 Å². The Morgan fingerprint density at radius 3 is 2.28 bits per heavy atom. The van der Waals surface area contributed by atoms with Crippen molar-refractivity contribution in [2.75, 3.05) is 7.05 Å². The standard InChI is InChI=1S/C13H22N2O2S/c1-13(2,3)18(16,17)15(4)10-12-7-5-6-11(8-12)9-14/h5-8H,9-10,14H2,1-4H3. The van der Waals surface area contributed by atoms with E-state index < -0.39 is 14.8 Å². The van der Waals surface area contributed by atoms with Gasteiger partial charge in [0.1, 0.15) is 0 Å². The largest absolute Gasteiger partial charge is 0.326 e. The molecule has 0 radical (unpaired) electrons. The molecule has 0 aliphatic carbocycles. The van der Waals surface area contributed by atoms with Crippen LogP contribution in [0.25, 0.3) is 0 Å². The first-order valence-corrected chi connectivity index (χ1v) is 7.36. The van der Waals surface area contributed by atoms with E-state index in [0.29, 0.717) is 13.1 Å². The van der Waals surface area contributed by atoms with Crippen LogP contribution in [-0.2, 0) is 23.1 Å². The van der Waals surface area contributed by atoms with Gasteiger partial charge in [0.2, 0.25) is 10.0 Å². The Hall–Kier alpha value is -0.910. The highest BCUT2D eigenvalue weighted by atomic mass is 32.2. The molecule has 0 bridgehead atoms. The van der Waals surface area contributed by atoms with E-state index in [2.05, 4.69) is 0 Å². The molecule has 0 saturated carbocycles. The first kappa shape index (κ1) is 15.1. The zero-order chi connectivity index (χ0) is 14.0. The topological polar surface area (TPSA) is 63.4 Å². The maximum absolute atomic E-state index is 12.2. The molecule has 2 N–H and O–H groups in total. The van der Waals surface area contributed by atoms with Crippen LogP contribution in [0, 0.1) is 0 Å². The molecule has 1 rings (SSSR count). The highest BCUT2D eigenvalue weighted by Gasteiger charge is 2.32. The fraction of sp³-hybridized carbons (Fsp3) is 0.538. The number of nitrogens with zero attached hydrogens (tertiary/aromatic N) is 1. The predicted octanol–water partition coefficient (Wildman–Crippen LogP) is 1.71. The van der Waals surface area contributed by atoms with Crippen LogP contribution in [0.5, 0.6) is 0 Å². The van der Waals surface area contributed by atoms with E-state index in [4.69, 9.17) is 5.73 Å². The molecule has 18 heavy (non-hydrogen) atoms. The SMILES string of the molecule is CN(Cc1cccc(CN)c1)S(=O)(=O)C(C)(C)C. The normalized spacial score (nSPS) is 13.0. The Labute approximate surface area is 110 Å². The first-order valence-electron chi connectivity index (χ1n) is 5.92. The lowest BCUT2D eigenvalue weighted by atomic mass is 10.1. The quantitative estimate of drug-likeness (QED) is 0.906. The van der Waals surface area contributed by atoms with Gasteiger partial charge in [0, 0.05) is 20.1 Å². The zero-order valence-electron chi connectivity index (χ0n) is 11.5. The molecule has 0 heterocycles. The number of rotatable bonds is 4. The van der Waals surface area contributed by atoms with Gasteiger partial charge in [0.05, 0.1) is 4.75 Å². The summed E-state index contributed by atoms with van der Waals surface area (Å²) < 4.78 is 25.0. The lowest BCUT2D eigenvalue weighted by Gasteiger charge is -2.27. The number of hydrogen-bond donors (Lipinski definition) is 1. The Balaban J connectivity index is 2.91. The van der Waals surface area contributed by atoms with Crippen LogP contribution in [0.3, 0.4) is 0 Å². The Bertz CT molecular complexity index is 504. The second-order valence-corrected chi connectivity index (χ2v) is 8.20. The molecule has 0 aliphatic heterocycles. The minimum atomic E-state index is -3.29. The summed E-state index contributed by atoms with van der Waals surface area (Å²) in [5.74, 6) is 0. The fourth-order valence-electron chi connectivity index (χ4n) is 1.66. The third kappa shape index (κ3) is 3.31. The molecule has 0 unspecified atom stereocenters. The second-order valence-electron chi connectivity index (χ2n) is 5.40. The summed E-state index contributed by atoms with van der Waals surface area (Å²) >= 11 is 0. The van der Waals surface area contributed by atoms with E-state index in [-0.39, 0.29) is 0 Å². The third-order valence-electron chi connectivity index (χ3n) is 2.82. The maximum Gasteiger partial charge on any atom is 0.219 e. The van der Waals surface area contributed by atoms with Crippen LogP contribution in [-0.4, -0.2) is 24.5 Å². The van der Waals surface area contributed by atoms with Crippen LogP contribution < -0.4 is 5.73 Å². The molecule has 0 fully saturated rings. The fourth-order valence-corrected chi connectivity index (χ4v) is 2.92. The molecule has 0 aliphatic rings. The highest BCUT2D eigenvalue weighted by Crippen LogP contribution is 2.20.